The van der Waals surface area contributed by atoms with Crippen molar-refractivity contribution in [3.63, 3.8) is 0 Å². The van der Waals surface area contributed by atoms with Gasteiger partial charge < -0.3 is 15.1 Å². The number of hydrogen-bond acceptors (Lipinski definition) is 5. The van der Waals surface area contributed by atoms with Crippen LogP contribution in [0.2, 0.25) is 0 Å². The number of carbonyl (C=O) groups excluding carboxylic acids is 1. The predicted octanol–water partition coefficient (Wildman–Crippen LogP) is 2.60. The van der Waals surface area contributed by atoms with Gasteiger partial charge in [0.1, 0.15) is 17.7 Å². The van der Waals surface area contributed by atoms with Crippen LogP contribution >= 0.6 is 0 Å². The molecular formula is C21H23F2N5O. The van der Waals surface area contributed by atoms with E-state index in [1.807, 2.05) is 17.2 Å². The second-order valence-electron chi connectivity index (χ2n) is 7.91. The van der Waals surface area contributed by atoms with Crippen LogP contribution in [0.5, 0.6) is 0 Å². The minimum atomic E-state index is -0.558. The first-order valence-electron chi connectivity index (χ1n) is 10.1. The van der Waals surface area contributed by atoms with E-state index in [1.54, 1.807) is 0 Å². The standard InChI is InChI=1S/C21H23F2N5O/c22-15-3-4-18(16(23)11-15)27-8-6-26(7-9-27)13-14-10-17-20(24-12-14)28-5-1-2-19(28)21(29)25-17/h3-4,10-12,19H,1-2,5-9,13H2,(H,25,29)/t19-/m0/s1. The molecule has 3 aliphatic heterocycles. The van der Waals surface area contributed by atoms with Gasteiger partial charge >= 0.3 is 0 Å². The number of piperazine rings is 1. The Morgan fingerprint density at radius 3 is 2.72 bits per heavy atom. The Morgan fingerprint density at radius 2 is 1.93 bits per heavy atom. The molecule has 0 saturated carbocycles. The molecule has 5 rings (SSSR count). The summed E-state index contributed by atoms with van der Waals surface area (Å²) in [7, 11) is 0. The minimum Gasteiger partial charge on any atom is -0.367 e. The number of benzene rings is 1. The largest absolute Gasteiger partial charge is 0.367 e. The number of hydrogen-bond donors (Lipinski definition) is 1. The molecule has 152 valence electrons. The molecular weight excluding hydrogens is 376 g/mol. The maximum absolute atomic E-state index is 14.0. The highest BCUT2D eigenvalue weighted by Gasteiger charge is 2.37. The highest BCUT2D eigenvalue weighted by atomic mass is 19.1. The van der Waals surface area contributed by atoms with Crippen molar-refractivity contribution in [3.05, 3.63) is 47.7 Å². The van der Waals surface area contributed by atoms with Crippen molar-refractivity contribution in [2.24, 2.45) is 0 Å². The number of aromatic nitrogens is 1. The third-order valence-electron chi connectivity index (χ3n) is 6.04. The van der Waals surface area contributed by atoms with Gasteiger partial charge in [0.05, 0.1) is 11.4 Å². The highest BCUT2D eigenvalue weighted by molar-refractivity contribution is 6.03. The molecule has 0 aliphatic carbocycles. The molecule has 1 atom stereocenters. The lowest BCUT2D eigenvalue weighted by molar-refractivity contribution is -0.117. The Bertz CT molecular complexity index is 945. The Kier molecular flexibility index (Phi) is 4.58. The molecule has 6 nitrogen and oxygen atoms in total. The summed E-state index contributed by atoms with van der Waals surface area (Å²) in [6.07, 6.45) is 3.78. The molecule has 1 N–H and O–H groups in total. The van der Waals surface area contributed by atoms with Crippen LogP contribution in [0.4, 0.5) is 26.0 Å². The van der Waals surface area contributed by atoms with Crippen molar-refractivity contribution in [3.8, 4) is 0 Å². The van der Waals surface area contributed by atoms with Crippen molar-refractivity contribution in [1.82, 2.24) is 9.88 Å². The van der Waals surface area contributed by atoms with Gasteiger partial charge in [0.25, 0.3) is 0 Å². The summed E-state index contributed by atoms with van der Waals surface area (Å²) in [5.74, 6) is -0.151. The normalized spacial score (nSPS) is 21.7. The Labute approximate surface area is 168 Å². The predicted molar refractivity (Wildman–Crippen MR) is 107 cm³/mol. The van der Waals surface area contributed by atoms with Crippen molar-refractivity contribution < 1.29 is 13.6 Å². The smallest absolute Gasteiger partial charge is 0.247 e. The maximum atomic E-state index is 14.0. The molecule has 0 unspecified atom stereocenters. The molecule has 2 fully saturated rings. The number of pyridine rings is 1. The zero-order valence-electron chi connectivity index (χ0n) is 16.1. The first-order valence-corrected chi connectivity index (χ1v) is 10.1. The lowest BCUT2D eigenvalue weighted by atomic mass is 10.1. The van der Waals surface area contributed by atoms with E-state index in [1.165, 1.54) is 12.1 Å². The van der Waals surface area contributed by atoms with Gasteiger partial charge in [-0.3, -0.25) is 9.69 Å². The van der Waals surface area contributed by atoms with E-state index in [2.05, 4.69) is 20.1 Å². The van der Waals surface area contributed by atoms with Crippen LogP contribution in [0.3, 0.4) is 0 Å². The molecule has 0 bridgehead atoms. The van der Waals surface area contributed by atoms with E-state index in [-0.39, 0.29) is 11.9 Å². The number of fused-ring (bicyclic) bond motifs is 3. The highest BCUT2D eigenvalue weighted by Crippen LogP contribution is 2.35. The third-order valence-corrected chi connectivity index (χ3v) is 6.04. The summed E-state index contributed by atoms with van der Waals surface area (Å²) < 4.78 is 27.2. The van der Waals surface area contributed by atoms with Crippen LogP contribution in [-0.2, 0) is 11.3 Å². The van der Waals surface area contributed by atoms with E-state index in [4.69, 9.17) is 0 Å². The molecule has 1 amide bonds. The van der Waals surface area contributed by atoms with Crippen LogP contribution in [0.1, 0.15) is 18.4 Å². The maximum Gasteiger partial charge on any atom is 0.247 e. The Balaban J connectivity index is 1.24. The summed E-state index contributed by atoms with van der Waals surface area (Å²) in [5, 5.41) is 3.01. The van der Waals surface area contributed by atoms with Crippen molar-refractivity contribution in [2.75, 3.05) is 47.8 Å². The molecule has 2 aromatic rings. The van der Waals surface area contributed by atoms with Gasteiger partial charge in [0, 0.05) is 51.5 Å². The summed E-state index contributed by atoms with van der Waals surface area (Å²) in [6.45, 7) is 4.49. The first-order chi connectivity index (χ1) is 14.1. The average Bonchev–Trinajstić information content (AvgIpc) is 3.20. The molecule has 3 aliphatic rings. The van der Waals surface area contributed by atoms with Crippen LogP contribution in [-0.4, -0.2) is 54.6 Å². The van der Waals surface area contributed by atoms with E-state index >= 15 is 0 Å². The summed E-state index contributed by atoms with van der Waals surface area (Å²) in [4.78, 5) is 23.3. The van der Waals surface area contributed by atoms with E-state index < -0.39 is 11.6 Å². The summed E-state index contributed by atoms with van der Waals surface area (Å²) in [6, 6.07) is 5.66. The Morgan fingerprint density at radius 1 is 1.10 bits per heavy atom. The fourth-order valence-corrected chi connectivity index (χ4v) is 4.56. The molecule has 2 saturated heterocycles. The van der Waals surface area contributed by atoms with Crippen LogP contribution in [0, 0.1) is 11.6 Å². The number of amides is 1. The number of halogens is 2. The molecule has 1 aromatic carbocycles. The number of carbonyl (C=O) groups is 1. The number of rotatable bonds is 3. The lowest BCUT2D eigenvalue weighted by Crippen LogP contribution is -2.46. The quantitative estimate of drug-likeness (QED) is 0.860. The second kappa shape index (κ2) is 7.26. The molecule has 29 heavy (non-hydrogen) atoms. The molecule has 8 heteroatoms. The van der Waals surface area contributed by atoms with E-state index in [9.17, 15) is 13.6 Å². The topological polar surface area (TPSA) is 51.7 Å². The van der Waals surface area contributed by atoms with Crippen LogP contribution in [0.25, 0.3) is 0 Å². The molecule has 0 radical (unpaired) electrons. The second-order valence-corrected chi connectivity index (χ2v) is 7.91. The van der Waals surface area contributed by atoms with Crippen LogP contribution in [0.15, 0.2) is 30.5 Å². The number of anilines is 3. The van der Waals surface area contributed by atoms with E-state index in [0.717, 1.165) is 62.2 Å². The fourth-order valence-electron chi connectivity index (χ4n) is 4.56. The zero-order chi connectivity index (χ0) is 20.0. The van der Waals surface area contributed by atoms with Gasteiger partial charge in [-0.1, -0.05) is 0 Å². The lowest BCUT2D eigenvalue weighted by Gasteiger charge is -2.36. The minimum absolute atomic E-state index is 0.0592. The monoisotopic (exact) mass is 399 g/mol. The summed E-state index contributed by atoms with van der Waals surface area (Å²) in [5.41, 5.74) is 2.28. The number of nitrogens with one attached hydrogen (secondary N) is 1. The van der Waals surface area contributed by atoms with Crippen LogP contribution < -0.4 is 15.1 Å². The molecule has 4 heterocycles. The average molecular weight is 399 g/mol. The first kappa shape index (κ1) is 18.3. The van der Waals surface area contributed by atoms with Gasteiger partial charge in [-0.2, -0.15) is 0 Å². The van der Waals surface area contributed by atoms with E-state index in [0.29, 0.717) is 18.8 Å². The zero-order valence-corrected chi connectivity index (χ0v) is 16.1. The van der Waals surface area contributed by atoms with Gasteiger partial charge in [0.2, 0.25) is 5.91 Å². The van der Waals surface area contributed by atoms with Crippen molar-refractivity contribution >= 4 is 23.1 Å². The molecule has 0 spiro atoms. The van der Waals surface area contributed by atoms with Gasteiger partial charge in [-0.15, -0.1) is 0 Å². The fraction of sp³-hybridized carbons (Fsp3) is 0.429. The van der Waals surface area contributed by atoms with Gasteiger partial charge in [0.15, 0.2) is 5.82 Å². The van der Waals surface area contributed by atoms with Crippen molar-refractivity contribution in [1.29, 1.82) is 0 Å². The summed E-state index contributed by atoms with van der Waals surface area (Å²) >= 11 is 0. The van der Waals surface area contributed by atoms with Crippen molar-refractivity contribution in [2.45, 2.75) is 25.4 Å². The third kappa shape index (κ3) is 3.42. The van der Waals surface area contributed by atoms with Gasteiger partial charge in [-0.05, 0) is 36.6 Å². The van der Waals surface area contributed by atoms with Gasteiger partial charge in [-0.25, -0.2) is 13.8 Å². The SMILES string of the molecule is O=C1Nc2cc(CN3CCN(c4ccc(F)cc4F)CC3)cnc2N2CCC[C@@H]12. The molecule has 1 aromatic heterocycles. The Hall–Kier alpha value is -2.74. The number of nitrogens with zero attached hydrogens (tertiary/aromatic N) is 4.